The Kier molecular flexibility index (Phi) is 3.92. The second-order valence-corrected chi connectivity index (χ2v) is 3.33. The van der Waals surface area contributed by atoms with Crippen LogP contribution in [0.15, 0.2) is 18.5 Å². The van der Waals surface area contributed by atoms with E-state index in [1.807, 2.05) is 23.9 Å². The van der Waals surface area contributed by atoms with Crippen LogP contribution in [0.4, 0.5) is 0 Å². The molecule has 0 bridgehead atoms. The highest BCUT2D eigenvalue weighted by atomic mass is 16.3. The molecule has 0 saturated heterocycles. The maximum absolute atomic E-state index is 8.79. The molecule has 1 rings (SSSR count). The fraction of sp³-hybridized carbons (Fsp3) is 0.667. The van der Waals surface area contributed by atoms with Gasteiger partial charge < -0.3 is 10.4 Å². The van der Waals surface area contributed by atoms with Crippen LogP contribution in [-0.2, 0) is 0 Å². The fourth-order valence-electron chi connectivity index (χ4n) is 1.07. The van der Waals surface area contributed by atoms with Gasteiger partial charge >= 0.3 is 0 Å². The van der Waals surface area contributed by atoms with Gasteiger partial charge in [-0.3, -0.25) is 4.68 Å². The van der Waals surface area contributed by atoms with E-state index in [0.717, 1.165) is 6.54 Å². The Labute approximate surface area is 78.6 Å². The summed E-state index contributed by atoms with van der Waals surface area (Å²) < 4.78 is 1.90. The van der Waals surface area contributed by atoms with E-state index in [1.165, 1.54) is 0 Å². The molecule has 0 aromatic carbocycles. The van der Waals surface area contributed by atoms with Gasteiger partial charge in [0.1, 0.15) is 0 Å². The Morgan fingerprint density at radius 3 is 2.85 bits per heavy atom. The quantitative estimate of drug-likeness (QED) is 0.695. The van der Waals surface area contributed by atoms with Crippen molar-refractivity contribution >= 4 is 0 Å². The third-order valence-electron chi connectivity index (χ3n) is 2.01. The van der Waals surface area contributed by atoms with Crippen molar-refractivity contribution in [3.05, 3.63) is 18.5 Å². The molecule has 0 aliphatic heterocycles. The molecule has 0 aliphatic carbocycles. The van der Waals surface area contributed by atoms with Crippen LogP contribution >= 0.6 is 0 Å². The summed E-state index contributed by atoms with van der Waals surface area (Å²) in [6.45, 7) is 5.04. The molecule has 0 radical (unpaired) electrons. The number of aliphatic hydroxyl groups excluding tert-OH is 1. The zero-order valence-electron chi connectivity index (χ0n) is 8.14. The second kappa shape index (κ2) is 4.99. The van der Waals surface area contributed by atoms with Gasteiger partial charge in [-0.05, 0) is 19.9 Å². The molecule has 4 nitrogen and oxygen atoms in total. The van der Waals surface area contributed by atoms with Crippen molar-refractivity contribution in [2.75, 3.05) is 13.2 Å². The van der Waals surface area contributed by atoms with Crippen molar-refractivity contribution in [3.8, 4) is 0 Å². The summed E-state index contributed by atoms with van der Waals surface area (Å²) in [6.07, 6.45) is 3.71. The summed E-state index contributed by atoms with van der Waals surface area (Å²) in [4.78, 5) is 0. The van der Waals surface area contributed by atoms with E-state index in [0.29, 0.717) is 6.04 Å². The van der Waals surface area contributed by atoms with Crippen LogP contribution in [0.3, 0.4) is 0 Å². The van der Waals surface area contributed by atoms with Gasteiger partial charge in [0.15, 0.2) is 0 Å². The molecule has 1 aromatic rings. The van der Waals surface area contributed by atoms with E-state index in [4.69, 9.17) is 5.11 Å². The zero-order valence-corrected chi connectivity index (χ0v) is 8.14. The minimum Gasteiger partial charge on any atom is -0.395 e. The summed E-state index contributed by atoms with van der Waals surface area (Å²) in [5.74, 6) is 0. The van der Waals surface area contributed by atoms with Crippen molar-refractivity contribution in [1.29, 1.82) is 0 Å². The molecule has 4 heteroatoms. The highest BCUT2D eigenvalue weighted by molar-refractivity contribution is 4.81. The predicted molar refractivity (Wildman–Crippen MR) is 51.5 cm³/mol. The van der Waals surface area contributed by atoms with Crippen LogP contribution in [0.2, 0.25) is 0 Å². The monoisotopic (exact) mass is 183 g/mol. The summed E-state index contributed by atoms with van der Waals surface area (Å²) in [7, 11) is 0. The van der Waals surface area contributed by atoms with Crippen molar-refractivity contribution in [3.63, 3.8) is 0 Å². The lowest BCUT2D eigenvalue weighted by Gasteiger charge is -2.16. The van der Waals surface area contributed by atoms with Gasteiger partial charge in [-0.2, -0.15) is 5.10 Å². The van der Waals surface area contributed by atoms with Gasteiger partial charge in [-0.25, -0.2) is 0 Å². The highest BCUT2D eigenvalue weighted by Crippen LogP contribution is 2.00. The summed E-state index contributed by atoms with van der Waals surface area (Å²) in [5, 5.41) is 16.1. The van der Waals surface area contributed by atoms with Crippen LogP contribution in [0.5, 0.6) is 0 Å². The zero-order chi connectivity index (χ0) is 9.68. The molecule has 2 atom stereocenters. The molecular weight excluding hydrogens is 166 g/mol. The molecule has 0 aliphatic rings. The average Bonchev–Trinajstić information content (AvgIpc) is 2.66. The molecule has 1 heterocycles. The first kappa shape index (κ1) is 10.2. The van der Waals surface area contributed by atoms with E-state index in [2.05, 4.69) is 17.3 Å². The van der Waals surface area contributed by atoms with Crippen LogP contribution in [0.1, 0.15) is 19.9 Å². The van der Waals surface area contributed by atoms with E-state index in [-0.39, 0.29) is 12.6 Å². The number of rotatable bonds is 5. The molecule has 2 unspecified atom stereocenters. The van der Waals surface area contributed by atoms with E-state index < -0.39 is 0 Å². The Hall–Kier alpha value is -0.870. The Bertz CT molecular complexity index is 223. The highest BCUT2D eigenvalue weighted by Gasteiger charge is 2.05. The summed E-state index contributed by atoms with van der Waals surface area (Å²) >= 11 is 0. The van der Waals surface area contributed by atoms with Gasteiger partial charge in [-0.15, -0.1) is 0 Å². The first-order valence-electron chi connectivity index (χ1n) is 4.57. The van der Waals surface area contributed by atoms with Crippen molar-refractivity contribution in [1.82, 2.24) is 15.1 Å². The largest absolute Gasteiger partial charge is 0.395 e. The second-order valence-electron chi connectivity index (χ2n) is 3.33. The smallest absolute Gasteiger partial charge is 0.0615 e. The number of nitrogens with one attached hydrogen (secondary N) is 1. The Morgan fingerprint density at radius 2 is 2.31 bits per heavy atom. The molecule has 74 valence electrons. The molecule has 1 aromatic heterocycles. The van der Waals surface area contributed by atoms with Crippen molar-refractivity contribution in [2.24, 2.45) is 0 Å². The average molecular weight is 183 g/mol. The normalized spacial score (nSPS) is 15.6. The van der Waals surface area contributed by atoms with Crippen LogP contribution in [0, 0.1) is 0 Å². The van der Waals surface area contributed by atoms with Crippen LogP contribution in [0.25, 0.3) is 0 Å². The van der Waals surface area contributed by atoms with Gasteiger partial charge in [-0.1, -0.05) is 0 Å². The third-order valence-corrected chi connectivity index (χ3v) is 2.01. The summed E-state index contributed by atoms with van der Waals surface area (Å²) in [6, 6.07) is 2.38. The van der Waals surface area contributed by atoms with Crippen LogP contribution < -0.4 is 5.32 Å². The fourth-order valence-corrected chi connectivity index (χ4v) is 1.07. The Morgan fingerprint density at radius 1 is 1.54 bits per heavy atom. The summed E-state index contributed by atoms with van der Waals surface area (Å²) in [5.41, 5.74) is 0. The van der Waals surface area contributed by atoms with Gasteiger partial charge in [0.05, 0.1) is 12.6 Å². The lowest BCUT2D eigenvalue weighted by molar-refractivity contribution is 0.246. The molecule has 0 fully saturated rings. The number of nitrogens with zero attached hydrogens (tertiary/aromatic N) is 2. The Balaban J connectivity index is 2.30. The predicted octanol–water partition coefficient (Wildman–Crippen LogP) is 0.414. The first-order chi connectivity index (χ1) is 6.24. The molecule has 0 amide bonds. The number of aromatic nitrogens is 2. The van der Waals surface area contributed by atoms with E-state index in [9.17, 15) is 0 Å². The molecule has 0 saturated carbocycles. The van der Waals surface area contributed by atoms with Gasteiger partial charge in [0, 0.05) is 25.0 Å². The lowest BCUT2D eigenvalue weighted by atomic mass is 10.3. The van der Waals surface area contributed by atoms with Gasteiger partial charge in [0.2, 0.25) is 0 Å². The SMILES string of the molecule is CC(CO)NCC(C)n1cccn1. The third kappa shape index (κ3) is 3.16. The minimum atomic E-state index is 0.151. The van der Waals surface area contributed by atoms with Gasteiger partial charge in [0.25, 0.3) is 0 Å². The number of hydrogen-bond acceptors (Lipinski definition) is 3. The molecule has 13 heavy (non-hydrogen) atoms. The first-order valence-corrected chi connectivity index (χ1v) is 4.57. The lowest BCUT2D eigenvalue weighted by Crippen LogP contribution is -2.33. The van der Waals surface area contributed by atoms with E-state index >= 15 is 0 Å². The minimum absolute atomic E-state index is 0.151. The number of aliphatic hydroxyl groups is 1. The molecular formula is C9H17N3O. The standard InChI is InChI=1S/C9H17N3O/c1-8(7-13)10-6-9(2)12-5-3-4-11-12/h3-5,8-10,13H,6-7H2,1-2H3. The topological polar surface area (TPSA) is 50.1 Å². The maximum Gasteiger partial charge on any atom is 0.0615 e. The molecule has 2 N–H and O–H groups in total. The van der Waals surface area contributed by atoms with Crippen molar-refractivity contribution in [2.45, 2.75) is 25.9 Å². The van der Waals surface area contributed by atoms with Crippen molar-refractivity contribution < 1.29 is 5.11 Å². The van der Waals surface area contributed by atoms with Crippen LogP contribution in [-0.4, -0.2) is 34.1 Å². The molecule has 0 spiro atoms. The maximum atomic E-state index is 8.79. The number of hydrogen-bond donors (Lipinski definition) is 2. The van der Waals surface area contributed by atoms with E-state index in [1.54, 1.807) is 6.20 Å².